The van der Waals surface area contributed by atoms with E-state index in [-0.39, 0.29) is 0 Å². The van der Waals surface area contributed by atoms with Gasteiger partial charge in [0.1, 0.15) is 0 Å². The Morgan fingerprint density at radius 1 is 1.41 bits per heavy atom. The van der Waals surface area contributed by atoms with Crippen LogP contribution in [-0.2, 0) is 18.3 Å². The number of guanidine groups is 1. The molecule has 1 rings (SSSR count). The fourth-order valence-electron chi connectivity index (χ4n) is 1.97. The topological polar surface area (TPSA) is 66.7 Å². The standard InChI is InChI=1S/C15H30N6O/c1-5-16-15(18-13-14-7-9-19-21(14)3)17-8-6-10-20(2)11-12-22-4/h7,9H,5-6,8,10-13H2,1-4H3,(H2,16,17,18). The maximum Gasteiger partial charge on any atom is 0.191 e. The first-order valence-electron chi connectivity index (χ1n) is 7.84. The Hall–Kier alpha value is -1.60. The molecule has 0 unspecified atom stereocenters. The number of aliphatic imine (C=N–C) groups is 1. The molecule has 126 valence electrons. The van der Waals surface area contributed by atoms with Crippen LogP contribution in [0.4, 0.5) is 0 Å². The Bertz CT molecular complexity index is 431. The van der Waals surface area contributed by atoms with E-state index in [1.807, 2.05) is 17.8 Å². The Morgan fingerprint density at radius 2 is 2.23 bits per heavy atom. The lowest BCUT2D eigenvalue weighted by Crippen LogP contribution is -2.38. The van der Waals surface area contributed by atoms with Crippen molar-refractivity contribution in [3.8, 4) is 0 Å². The van der Waals surface area contributed by atoms with E-state index in [4.69, 9.17) is 4.74 Å². The SMILES string of the molecule is CCNC(=NCc1ccnn1C)NCCCN(C)CCOC. The Kier molecular flexibility index (Phi) is 9.25. The minimum atomic E-state index is 0.625. The summed E-state index contributed by atoms with van der Waals surface area (Å²) >= 11 is 0. The predicted molar refractivity (Wildman–Crippen MR) is 90.0 cm³/mol. The summed E-state index contributed by atoms with van der Waals surface area (Å²) in [6.07, 6.45) is 2.86. The highest BCUT2D eigenvalue weighted by Gasteiger charge is 2.01. The van der Waals surface area contributed by atoms with Gasteiger partial charge < -0.3 is 20.3 Å². The molecule has 0 aromatic carbocycles. The van der Waals surface area contributed by atoms with Crippen molar-refractivity contribution in [2.45, 2.75) is 19.9 Å². The average molecular weight is 310 g/mol. The molecule has 1 aromatic heterocycles. The lowest BCUT2D eigenvalue weighted by molar-refractivity contribution is 0.161. The van der Waals surface area contributed by atoms with Crippen molar-refractivity contribution in [2.75, 3.05) is 46.9 Å². The van der Waals surface area contributed by atoms with E-state index in [0.29, 0.717) is 6.54 Å². The van der Waals surface area contributed by atoms with Crippen molar-refractivity contribution in [2.24, 2.45) is 12.0 Å². The van der Waals surface area contributed by atoms with Gasteiger partial charge in [0.25, 0.3) is 0 Å². The molecule has 0 aliphatic carbocycles. The fraction of sp³-hybridized carbons (Fsp3) is 0.733. The molecule has 0 aliphatic heterocycles. The molecule has 22 heavy (non-hydrogen) atoms. The van der Waals surface area contributed by atoms with Crippen molar-refractivity contribution in [3.05, 3.63) is 18.0 Å². The number of aromatic nitrogens is 2. The van der Waals surface area contributed by atoms with Crippen molar-refractivity contribution in [3.63, 3.8) is 0 Å². The monoisotopic (exact) mass is 310 g/mol. The van der Waals surface area contributed by atoms with E-state index in [1.54, 1.807) is 13.3 Å². The molecule has 0 fully saturated rings. The van der Waals surface area contributed by atoms with Gasteiger partial charge in [-0.1, -0.05) is 0 Å². The van der Waals surface area contributed by atoms with Gasteiger partial charge >= 0.3 is 0 Å². The zero-order valence-electron chi connectivity index (χ0n) is 14.3. The molecule has 0 atom stereocenters. The van der Waals surface area contributed by atoms with Crippen molar-refractivity contribution < 1.29 is 4.74 Å². The van der Waals surface area contributed by atoms with Gasteiger partial charge in [0, 0.05) is 40.0 Å². The van der Waals surface area contributed by atoms with Crippen LogP contribution >= 0.6 is 0 Å². The molecule has 2 N–H and O–H groups in total. The zero-order chi connectivity index (χ0) is 16.2. The number of hydrogen-bond acceptors (Lipinski definition) is 4. The summed E-state index contributed by atoms with van der Waals surface area (Å²) in [5, 5.41) is 10.8. The van der Waals surface area contributed by atoms with Crippen LogP contribution in [0.25, 0.3) is 0 Å². The first-order valence-corrected chi connectivity index (χ1v) is 7.84. The zero-order valence-corrected chi connectivity index (χ0v) is 14.3. The highest BCUT2D eigenvalue weighted by Crippen LogP contribution is 1.98. The van der Waals surface area contributed by atoms with Gasteiger partial charge in [0.15, 0.2) is 5.96 Å². The predicted octanol–water partition coefficient (Wildman–Crippen LogP) is 0.444. The molecule has 1 aromatic rings. The lowest BCUT2D eigenvalue weighted by atomic mass is 10.4. The van der Waals surface area contributed by atoms with Crippen LogP contribution in [-0.4, -0.2) is 67.6 Å². The first-order chi connectivity index (χ1) is 10.7. The van der Waals surface area contributed by atoms with Gasteiger partial charge in [0.05, 0.1) is 18.8 Å². The first kappa shape index (κ1) is 18.4. The summed E-state index contributed by atoms with van der Waals surface area (Å²) in [5.41, 5.74) is 1.09. The van der Waals surface area contributed by atoms with Gasteiger partial charge in [-0.3, -0.25) is 4.68 Å². The molecular weight excluding hydrogens is 280 g/mol. The molecule has 7 nitrogen and oxygen atoms in total. The molecule has 0 spiro atoms. The van der Waals surface area contributed by atoms with Crippen molar-refractivity contribution in [1.82, 2.24) is 25.3 Å². The number of rotatable bonds is 10. The second-order valence-corrected chi connectivity index (χ2v) is 5.22. The quantitative estimate of drug-likeness (QED) is 0.373. The fourth-order valence-corrected chi connectivity index (χ4v) is 1.97. The van der Waals surface area contributed by atoms with Crippen LogP contribution in [0, 0.1) is 0 Å². The van der Waals surface area contributed by atoms with Crippen LogP contribution in [0.3, 0.4) is 0 Å². The van der Waals surface area contributed by atoms with Crippen LogP contribution in [0.2, 0.25) is 0 Å². The third-order valence-corrected chi connectivity index (χ3v) is 3.35. The molecule has 7 heteroatoms. The van der Waals surface area contributed by atoms with Crippen molar-refractivity contribution in [1.29, 1.82) is 0 Å². The summed E-state index contributed by atoms with van der Waals surface area (Å²) in [6, 6.07) is 1.98. The molecule has 0 saturated heterocycles. The van der Waals surface area contributed by atoms with Gasteiger partial charge in [-0.05, 0) is 33.0 Å². The maximum absolute atomic E-state index is 5.07. The summed E-state index contributed by atoms with van der Waals surface area (Å²) in [4.78, 5) is 6.85. The number of nitrogens with zero attached hydrogens (tertiary/aromatic N) is 4. The van der Waals surface area contributed by atoms with E-state index >= 15 is 0 Å². The highest BCUT2D eigenvalue weighted by atomic mass is 16.5. The molecule has 0 radical (unpaired) electrons. The summed E-state index contributed by atoms with van der Waals surface area (Å²) in [5.74, 6) is 0.850. The summed E-state index contributed by atoms with van der Waals surface area (Å²) in [6.45, 7) is 7.22. The van der Waals surface area contributed by atoms with Gasteiger partial charge in [0.2, 0.25) is 0 Å². The molecule has 0 aliphatic rings. The van der Waals surface area contributed by atoms with Gasteiger partial charge in [-0.15, -0.1) is 0 Å². The second-order valence-electron chi connectivity index (χ2n) is 5.22. The number of nitrogens with one attached hydrogen (secondary N) is 2. The molecular formula is C15H30N6O. The third kappa shape index (κ3) is 7.42. The Labute approximate surface area is 133 Å². The number of likely N-dealkylation sites (N-methyl/N-ethyl adjacent to an activating group) is 1. The van der Waals surface area contributed by atoms with Crippen molar-refractivity contribution >= 4 is 5.96 Å². The van der Waals surface area contributed by atoms with E-state index in [0.717, 1.165) is 50.9 Å². The highest BCUT2D eigenvalue weighted by molar-refractivity contribution is 5.79. The van der Waals surface area contributed by atoms with Gasteiger partial charge in [-0.2, -0.15) is 5.10 Å². The number of ether oxygens (including phenoxy) is 1. The minimum Gasteiger partial charge on any atom is -0.383 e. The van der Waals surface area contributed by atoms with E-state index in [2.05, 4.69) is 39.6 Å². The Morgan fingerprint density at radius 3 is 2.86 bits per heavy atom. The smallest absolute Gasteiger partial charge is 0.191 e. The van der Waals surface area contributed by atoms with Crippen LogP contribution < -0.4 is 10.6 Å². The number of methoxy groups -OCH3 is 1. The third-order valence-electron chi connectivity index (χ3n) is 3.35. The van der Waals surface area contributed by atoms with Crippen LogP contribution in [0.15, 0.2) is 17.3 Å². The second kappa shape index (κ2) is 11.0. The summed E-state index contributed by atoms with van der Waals surface area (Å²) in [7, 11) is 5.78. The van der Waals surface area contributed by atoms with Crippen LogP contribution in [0.1, 0.15) is 19.0 Å². The number of aryl methyl sites for hydroxylation is 1. The molecule has 0 saturated carbocycles. The van der Waals surface area contributed by atoms with E-state index in [9.17, 15) is 0 Å². The van der Waals surface area contributed by atoms with E-state index < -0.39 is 0 Å². The van der Waals surface area contributed by atoms with Crippen LogP contribution in [0.5, 0.6) is 0 Å². The minimum absolute atomic E-state index is 0.625. The average Bonchev–Trinajstić information content (AvgIpc) is 2.92. The number of hydrogen-bond donors (Lipinski definition) is 2. The van der Waals surface area contributed by atoms with E-state index in [1.165, 1.54) is 0 Å². The maximum atomic E-state index is 5.07. The molecule has 0 bridgehead atoms. The summed E-state index contributed by atoms with van der Waals surface area (Å²) < 4.78 is 6.92. The van der Waals surface area contributed by atoms with Gasteiger partial charge in [-0.25, -0.2) is 4.99 Å². The lowest BCUT2D eigenvalue weighted by Gasteiger charge is -2.16. The normalized spacial score (nSPS) is 12.0. The molecule has 1 heterocycles. The molecule has 0 amide bonds. The largest absolute Gasteiger partial charge is 0.383 e. The Balaban J connectivity index is 2.30.